The standard InChI is InChI=1S/C16H21N3O/c1-10(2)19-9-14(8-17-19)18-16(20)15-12(4)6-11(3)7-13(15)5/h6-10H,1-5H3,(H,18,20). The van der Waals surface area contributed by atoms with Gasteiger partial charge in [-0.1, -0.05) is 17.7 Å². The number of aryl methyl sites for hydroxylation is 3. The van der Waals surface area contributed by atoms with Crippen molar-refractivity contribution in [1.82, 2.24) is 9.78 Å². The average molecular weight is 271 g/mol. The summed E-state index contributed by atoms with van der Waals surface area (Å²) < 4.78 is 1.82. The predicted octanol–water partition coefficient (Wildman–Crippen LogP) is 3.64. The van der Waals surface area contributed by atoms with E-state index in [1.165, 1.54) is 5.56 Å². The second-order valence-electron chi connectivity index (χ2n) is 5.53. The number of nitrogens with zero attached hydrogens (tertiary/aromatic N) is 2. The van der Waals surface area contributed by atoms with Crippen molar-refractivity contribution in [2.45, 2.75) is 40.7 Å². The van der Waals surface area contributed by atoms with Crippen molar-refractivity contribution in [2.75, 3.05) is 5.32 Å². The number of carbonyl (C=O) groups is 1. The van der Waals surface area contributed by atoms with E-state index in [0.29, 0.717) is 0 Å². The predicted molar refractivity (Wildman–Crippen MR) is 81.2 cm³/mol. The first-order valence-electron chi connectivity index (χ1n) is 6.82. The zero-order chi connectivity index (χ0) is 14.9. The maximum absolute atomic E-state index is 12.4. The molecule has 1 amide bonds. The van der Waals surface area contributed by atoms with Gasteiger partial charge in [-0.15, -0.1) is 0 Å². The van der Waals surface area contributed by atoms with Crippen LogP contribution in [0.2, 0.25) is 0 Å². The number of rotatable bonds is 3. The summed E-state index contributed by atoms with van der Waals surface area (Å²) in [6, 6.07) is 4.34. The highest BCUT2D eigenvalue weighted by atomic mass is 16.1. The van der Waals surface area contributed by atoms with Crippen molar-refractivity contribution in [3.63, 3.8) is 0 Å². The van der Waals surface area contributed by atoms with Crippen LogP contribution in [0.1, 0.15) is 46.9 Å². The molecule has 0 spiro atoms. The Labute approximate surface area is 119 Å². The second kappa shape index (κ2) is 5.49. The minimum absolute atomic E-state index is 0.0803. The van der Waals surface area contributed by atoms with E-state index < -0.39 is 0 Å². The zero-order valence-corrected chi connectivity index (χ0v) is 12.7. The van der Waals surface area contributed by atoms with Gasteiger partial charge in [-0.2, -0.15) is 5.10 Å². The average Bonchev–Trinajstić information content (AvgIpc) is 2.75. The fourth-order valence-corrected chi connectivity index (χ4v) is 2.42. The molecule has 1 aromatic carbocycles. The van der Waals surface area contributed by atoms with Crippen molar-refractivity contribution in [1.29, 1.82) is 0 Å². The molecule has 0 aliphatic heterocycles. The molecular formula is C16H21N3O. The number of hydrogen-bond acceptors (Lipinski definition) is 2. The van der Waals surface area contributed by atoms with Crippen LogP contribution in [0.25, 0.3) is 0 Å². The summed E-state index contributed by atoms with van der Waals surface area (Å²) in [7, 11) is 0. The number of nitrogens with one attached hydrogen (secondary N) is 1. The van der Waals surface area contributed by atoms with E-state index in [2.05, 4.69) is 10.4 Å². The topological polar surface area (TPSA) is 46.9 Å². The molecule has 0 atom stereocenters. The highest BCUT2D eigenvalue weighted by Gasteiger charge is 2.14. The molecule has 20 heavy (non-hydrogen) atoms. The van der Waals surface area contributed by atoms with Crippen LogP contribution in [0.15, 0.2) is 24.5 Å². The summed E-state index contributed by atoms with van der Waals surface area (Å²) in [5, 5.41) is 7.14. The molecule has 2 aromatic rings. The van der Waals surface area contributed by atoms with E-state index in [0.717, 1.165) is 22.4 Å². The van der Waals surface area contributed by atoms with Crippen molar-refractivity contribution in [3.8, 4) is 0 Å². The van der Waals surface area contributed by atoms with Crippen molar-refractivity contribution in [3.05, 3.63) is 46.8 Å². The Hall–Kier alpha value is -2.10. The summed E-state index contributed by atoms with van der Waals surface area (Å²) in [6.07, 6.45) is 3.53. The summed E-state index contributed by atoms with van der Waals surface area (Å²) in [4.78, 5) is 12.4. The minimum atomic E-state index is -0.0803. The number of benzene rings is 1. The number of anilines is 1. The third-order valence-electron chi connectivity index (χ3n) is 3.29. The van der Waals surface area contributed by atoms with Gasteiger partial charge in [0.1, 0.15) is 0 Å². The van der Waals surface area contributed by atoms with Crippen molar-refractivity contribution >= 4 is 11.6 Å². The molecule has 106 valence electrons. The van der Waals surface area contributed by atoms with Crippen LogP contribution in [-0.4, -0.2) is 15.7 Å². The smallest absolute Gasteiger partial charge is 0.256 e. The molecule has 0 aliphatic rings. The third-order valence-corrected chi connectivity index (χ3v) is 3.29. The van der Waals surface area contributed by atoms with E-state index in [-0.39, 0.29) is 11.9 Å². The molecule has 0 bridgehead atoms. The first-order chi connectivity index (χ1) is 9.38. The molecule has 1 N–H and O–H groups in total. The minimum Gasteiger partial charge on any atom is -0.319 e. The third kappa shape index (κ3) is 2.90. The van der Waals surface area contributed by atoms with E-state index in [9.17, 15) is 4.79 Å². The van der Waals surface area contributed by atoms with Gasteiger partial charge in [-0.25, -0.2) is 0 Å². The number of carbonyl (C=O) groups excluding carboxylic acids is 1. The van der Waals surface area contributed by atoms with Gasteiger partial charge in [0, 0.05) is 17.8 Å². The van der Waals surface area contributed by atoms with Gasteiger partial charge in [-0.05, 0) is 45.7 Å². The van der Waals surface area contributed by atoms with Crippen LogP contribution in [-0.2, 0) is 0 Å². The van der Waals surface area contributed by atoms with E-state index >= 15 is 0 Å². The first-order valence-corrected chi connectivity index (χ1v) is 6.82. The Balaban J connectivity index is 2.24. The monoisotopic (exact) mass is 271 g/mol. The molecule has 0 radical (unpaired) electrons. The highest BCUT2D eigenvalue weighted by Crippen LogP contribution is 2.18. The number of amides is 1. The number of aromatic nitrogens is 2. The quantitative estimate of drug-likeness (QED) is 0.926. The first kappa shape index (κ1) is 14.3. The highest BCUT2D eigenvalue weighted by molar-refractivity contribution is 6.06. The van der Waals surface area contributed by atoms with Crippen LogP contribution in [0.4, 0.5) is 5.69 Å². The van der Waals surface area contributed by atoms with Gasteiger partial charge < -0.3 is 5.32 Å². The molecule has 0 fully saturated rings. The van der Waals surface area contributed by atoms with E-state index in [1.54, 1.807) is 6.20 Å². The van der Waals surface area contributed by atoms with E-state index in [1.807, 2.05) is 57.6 Å². The fraction of sp³-hybridized carbons (Fsp3) is 0.375. The molecule has 0 unspecified atom stereocenters. The summed E-state index contributed by atoms with van der Waals surface area (Å²) >= 11 is 0. The van der Waals surface area contributed by atoms with Gasteiger partial charge >= 0.3 is 0 Å². The number of hydrogen-bond donors (Lipinski definition) is 1. The van der Waals surface area contributed by atoms with Crippen LogP contribution >= 0.6 is 0 Å². The lowest BCUT2D eigenvalue weighted by molar-refractivity contribution is 0.102. The van der Waals surface area contributed by atoms with Crippen LogP contribution in [0, 0.1) is 20.8 Å². The van der Waals surface area contributed by atoms with Crippen molar-refractivity contribution in [2.24, 2.45) is 0 Å². The molecule has 0 saturated carbocycles. The summed E-state index contributed by atoms with van der Waals surface area (Å²) in [6.45, 7) is 10.1. The maximum Gasteiger partial charge on any atom is 0.256 e. The Morgan fingerprint density at radius 1 is 1.20 bits per heavy atom. The largest absolute Gasteiger partial charge is 0.319 e. The molecule has 2 rings (SSSR count). The Morgan fingerprint density at radius 2 is 1.80 bits per heavy atom. The lowest BCUT2D eigenvalue weighted by Crippen LogP contribution is -2.15. The SMILES string of the molecule is Cc1cc(C)c(C(=O)Nc2cnn(C(C)C)c2)c(C)c1. The lowest BCUT2D eigenvalue weighted by atomic mass is 9.99. The Kier molecular flexibility index (Phi) is 3.93. The molecule has 4 heteroatoms. The Morgan fingerprint density at radius 3 is 2.30 bits per heavy atom. The summed E-state index contributed by atoms with van der Waals surface area (Å²) in [5.74, 6) is -0.0803. The maximum atomic E-state index is 12.4. The molecule has 4 nitrogen and oxygen atoms in total. The van der Waals surface area contributed by atoms with Gasteiger partial charge in [0.15, 0.2) is 0 Å². The molecule has 1 aromatic heterocycles. The normalized spacial score (nSPS) is 10.9. The lowest BCUT2D eigenvalue weighted by Gasteiger charge is -2.10. The second-order valence-corrected chi connectivity index (χ2v) is 5.53. The van der Waals surface area contributed by atoms with Gasteiger partial charge in [-0.3, -0.25) is 9.48 Å². The summed E-state index contributed by atoms with van der Waals surface area (Å²) in [5.41, 5.74) is 4.63. The van der Waals surface area contributed by atoms with Crippen LogP contribution in [0.5, 0.6) is 0 Å². The van der Waals surface area contributed by atoms with Gasteiger partial charge in [0.2, 0.25) is 0 Å². The van der Waals surface area contributed by atoms with Crippen LogP contribution in [0.3, 0.4) is 0 Å². The molecule has 0 aliphatic carbocycles. The van der Waals surface area contributed by atoms with Gasteiger partial charge in [0.05, 0.1) is 11.9 Å². The molecule has 1 heterocycles. The van der Waals surface area contributed by atoms with E-state index in [4.69, 9.17) is 0 Å². The Bertz CT molecular complexity index is 618. The molecule has 0 saturated heterocycles. The zero-order valence-electron chi connectivity index (χ0n) is 12.7. The fourth-order valence-electron chi connectivity index (χ4n) is 2.42. The van der Waals surface area contributed by atoms with Crippen molar-refractivity contribution < 1.29 is 4.79 Å². The van der Waals surface area contributed by atoms with Gasteiger partial charge in [0.25, 0.3) is 5.91 Å². The van der Waals surface area contributed by atoms with Crippen LogP contribution < -0.4 is 5.32 Å². The molecular weight excluding hydrogens is 250 g/mol.